The van der Waals surface area contributed by atoms with E-state index in [0.29, 0.717) is 37.4 Å². The normalized spacial score (nSPS) is 19.8. The standard InChI is InChI=1S/C23H28N2O6S2/c1-3-33(29,30)18-6-4-16(5-7-18)14-24-21(26)19-13-17-12-15(2)31-23(20(17)32-19)8-10-25(11-9-23)22(27)28/h4-7,13,15H,3,8-12,14H2,1-2H3,(H,24,26)(H,27,28)/t15-/m0/s1. The van der Waals surface area contributed by atoms with E-state index < -0.39 is 21.5 Å². The Morgan fingerprint density at radius 3 is 2.52 bits per heavy atom. The molecule has 33 heavy (non-hydrogen) atoms. The molecule has 3 heterocycles. The molecule has 2 amide bonds. The number of ether oxygens (including phenoxy) is 1. The van der Waals surface area contributed by atoms with E-state index in [1.54, 1.807) is 31.2 Å². The lowest BCUT2D eigenvalue weighted by atomic mass is 9.84. The maximum absolute atomic E-state index is 12.9. The summed E-state index contributed by atoms with van der Waals surface area (Å²) in [7, 11) is -3.25. The fourth-order valence-corrected chi connectivity index (χ4v) is 6.70. The quantitative estimate of drug-likeness (QED) is 0.661. The summed E-state index contributed by atoms with van der Waals surface area (Å²) in [4.78, 5) is 27.5. The predicted octanol–water partition coefficient (Wildman–Crippen LogP) is 3.40. The van der Waals surface area contributed by atoms with Crippen LogP contribution in [0.3, 0.4) is 0 Å². The Kier molecular flexibility index (Phi) is 6.52. The molecule has 0 unspecified atom stereocenters. The molecule has 178 valence electrons. The van der Waals surface area contributed by atoms with Gasteiger partial charge in [-0.2, -0.15) is 0 Å². The molecule has 0 saturated carbocycles. The predicted molar refractivity (Wildman–Crippen MR) is 124 cm³/mol. The van der Waals surface area contributed by atoms with Crippen LogP contribution >= 0.6 is 11.3 Å². The molecule has 2 aliphatic rings. The first-order chi connectivity index (χ1) is 15.6. The average Bonchev–Trinajstić information content (AvgIpc) is 3.23. The van der Waals surface area contributed by atoms with Crippen molar-refractivity contribution in [3.05, 3.63) is 51.2 Å². The van der Waals surface area contributed by atoms with Gasteiger partial charge in [-0.15, -0.1) is 11.3 Å². The van der Waals surface area contributed by atoms with Crippen molar-refractivity contribution in [2.45, 2.75) is 56.3 Å². The van der Waals surface area contributed by atoms with Gasteiger partial charge in [0.15, 0.2) is 9.84 Å². The minimum atomic E-state index is -3.25. The maximum atomic E-state index is 12.9. The fourth-order valence-electron chi connectivity index (χ4n) is 4.52. The minimum Gasteiger partial charge on any atom is -0.465 e. The van der Waals surface area contributed by atoms with Crippen molar-refractivity contribution in [1.29, 1.82) is 0 Å². The Morgan fingerprint density at radius 1 is 1.24 bits per heavy atom. The number of nitrogens with one attached hydrogen (secondary N) is 1. The second kappa shape index (κ2) is 9.08. The number of hydrogen-bond donors (Lipinski definition) is 2. The van der Waals surface area contributed by atoms with Crippen LogP contribution < -0.4 is 5.32 Å². The molecule has 2 aromatic rings. The summed E-state index contributed by atoms with van der Waals surface area (Å²) in [5.74, 6) is -0.143. The van der Waals surface area contributed by atoms with Crippen molar-refractivity contribution in [3.8, 4) is 0 Å². The number of rotatable bonds is 5. The van der Waals surface area contributed by atoms with Gasteiger partial charge in [-0.05, 0) is 55.5 Å². The number of carboxylic acid groups (broad SMARTS) is 1. The molecule has 1 aromatic heterocycles. The van der Waals surface area contributed by atoms with Crippen molar-refractivity contribution in [2.75, 3.05) is 18.8 Å². The van der Waals surface area contributed by atoms with Crippen LogP contribution in [0, 0.1) is 0 Å². The van der Waals surface area contributed by atoms with E-state index in [1.807, 2.05) is 13.0 Å². The van der Waals surface area contributed by atoms with Crippen molar-refractivity contribution in [2.24, 2.45) is 0 Å². The summed E-state index contributed by atoms with van der Waals surface area (Å²) >= 11 is 1.42. The number of amides is 2. The zero-order valence-corrected chi connectivity index (χ0v) is 20.3. The van der Waals surface area contributed by atoms with Gasteiger partial charge in [0.25, 0.3) is 5.91 Å². The monoisotopic (exact) mass is 492 g/mol. The van der Waals surface area contributed by atoms with E-state index in [2.05, 4.69) is 5.32 Å². The first kappa shape index (κ1) is 23.7. The highest BCUT2D eigenvalue weighted by atomic mass is 32.2. The van der Waals surface area contributed by atoms with Crippen LogP contribution in [-0.2, 0) is 33.1 Å². The molecule has 2 N–H and O–H groups in total. The van der Waals surface area contributed by atoms with Gasteiger partial charge in [-0.25, -0.2) is 13.2 Å². The Hall–Kier alpha value is -2.43. The van der Waals surface area contributed by atoms with Gasteiger partial charge in [0.2, 0.25) is 0 Å². The number of carbonyl (C=O) groups is 2. The SMILES string of the molecule is CCS(=O)(=O)c1ccc(CNC(=O)c2cc3c(s2)C2(CCN(C(=O)O)CC2)O[C@@H](C)C3)cc1. The molecule has 1 saturated heterocycles. The molecule has 1 fully saturated rings. The number of hydrogen-bond acceptors (Lipinski definition) is 6. The third-order valence-electron chi connectivity index (χ3n) is 6.34. The van der Waals surface area contributed by atoms with Crippen LogP contribution in [-0.4, -0.2) is 55.4 Å². The van der Waals surface area contributed by atoms with E-state index in [1.165, 1.54) is 16.2 Å². The summed E-state index contributed by atoms with van der Waals surface area (Å²) in [6, 6.07) is 8.48. The molecule has 0 radical (unpaired) electrons. The van der Waals surface area contributed by atoms with Crippen LogP contribution in [0.4, 0.5) is 4.79 Å². The highest BCUT2D eigenvalue weighted by Crippen LogP contribution is 2.47. The molecule has 2 aliphatic heterocycles. The van der Waals surface area contributed by atoms with Crippen molar-refractivity contribution in [1.82, 2.24) is 10.2 Å². The van der Waals surface area contributed by atoms with E-state index in [0.717, 1.165) is 22.4 Å². The lowest BCUT2D eigenvalue weighted by Gasteiger charge is -2.45. The van der Waals surface area contributed by atoms with E-state index in [-0.39, 0.29) is 22.7 Å². The number of nitrogens with zero attached hydrogens (tertiary/aromatic N) is 1. The maximum Gasteiger partial charge on any atom is 0.407 e. The van der Waals surface area contributed by atoms with Crippen LogP contribution in [0.1, 0.15) is 52.4 Å². The first-order valence-corrected chi connectivity index (χ1v) is 13.5. The fraction of sp³-hybridized carbons (Fsp3) is 0.478. The number of sulfone groups is 1. The molecule has 1 spiro atoms. The zero-order valence-electron chi connectivity index (χ0n) is 18.7. The Labute approximate surface area is 197 Å². The topological polar surface area (TPSA) is 113 Å². The molecule has 0 aliphatic carbocycles. The number of fused-ring (bicyclic) bond motifs is 2. The smallest absolute Gasteiger partial charge is 0.407 e. The lowest BCUT2D eigenvalue weighted by Crippen LogP contribution is -2.49. The minimum absolute atomic E-state index is 0.00250. The summed E-state index contributed by atoms with van der Waals surface area (Å²) in [5.41, 5.74) is 1.37. The molecule has 8 nitrogen and oxygen atoms in total. The Bertz CT molecular complexity index is 1150. The number of carbonyl (C=O) groups excluding carboxylic acids is 1. The molecular weight excluding hydrogens is 464 g/mol. The van der Waals surface area contributed by atoms with E-state index in [9.17, 15) is 23.1 Å². The van der Waals surface area contributed by atoms with Crippen LogP contribution in [0.5, 0.6) is 0 Å². The summed E-state index contributed by atoms with van der Waals surface area (Å²) < 4.78 is 30.3. The van der Waals surface area contributed by atoms with Gasteiger partial charge >= 0.3 is 6.09 Å². The van der Waals surface area contributed by atoms with Crippen LogP contribution in [0.25, 0.3) is 0 Å². The second-order valence-corrected chi connectivity index (χ2v) is 11.9. The second-order valence-electron chi connectivity index (χ2n) is 8.59. The van der Waals surface area contributed by atoms with E-state index in [4.69, 9.17) is 4.74 Å². The van der Waals surface area contributed by atoms with Crippen LogP contribution in [0.2, 0.25) is 0 Å². The lowest BCUT2D eigenvalue weighted by molar-refractivity contribution is -0.128. The molecule has 4 rings (SSSR count). The molecule has 1 atom stereocenters. The van der Waals surface area contributed by atoms with Gasteiger partial charge in [0.1, 0.15) is 5.60 Å². The van der Waals surface area contributed by atoms with Gasteiger partial charge < -0.3 is 20.1 Å². The number of benzene rings is 1. The Morgan fingerprint density at radius 2 is 1.91 bits per heavy atom. The zero-order chi connectivity index (χ0) is 23.8. The molecule has 10 heteroatoms. The van der Waals surface area contributed by atoms with Crippen molar-refractivity contribution < 1.29 is 27.9 Å². The van der Waals surface area contributed by atoms with Crippen molar-refractivity contribution in [3.63, 3.8) is 0 Å². The highest BCUT2D eigenvalue weighted by molar-refractivity contribution is 7.91. The third kappa shape index (κ3) is 4.78. The highest BCUT2D eigenvalue weighted by Gasteiger charge is 2.45. The average molecular weight is 493 g/mol. The van der Waals surface area contributed by atoms with Gasteiger partial charge in [0, 0.05) is 24.5 Å². The number of piperidine rings is 1. The summed E-state index contributed by atoms with van der Waals surface area (Å²) in [6.07, 6.45) is 0.950. The summed E-state index contributed by atoms with van der Waals surface area (Å²) in [5, 5.41) is 12.2. The first-order valence-electron chi connectivity index (χ1n) is 11.0. The summed E-state index contributed by atoms with van der Waals surface area (Å²) in [6.45, 7) is 4.72. The van der Waals surface area contributed by atoms with Gasteiger partial charge in [0.05, 0.1) is 21.6 Å². The largest absolute Gasteiger partial charge is 0.465 e. The third-order valence-corrected chi connectivity index (χ3v) is 9.45. The number of thiophene rings is 1. The number of likely N-dealkylation sites (tertiary alicyclic amines) is 1. The molecular formula is C23H28N2O6S2. The van der Waals surface area contributed by atoms with Gasteiger partial charge in [-0.3, -0.25) is 4.79 Å². The van der Waals surface area contributed by atoms with Gasteiger partial charge in [-0.1, -0.05) is 19.1 Å². The Balaban J connectivity index is 1.47. The van der Waals surface area contributed by atoms with Crippen molar-refractivity contribution >= 4 is 33.2 Å². The van der Waals surface area contributed by atoms with E-state index >= 15 is 0 Å². The molecule has 1 aromatic carbocycles. The van der Waals surface area contributed by atoms with Crippen LogP contribution in [0.15, 0.2) is 35.2 Å². The molecule has 0 bridgehead atoms.